The summed E-state index contributed by atoms with van der Waals surface area (Å²) in [5.74, 6) is 0.412. The van der Waals surface area contributed by atoms with E-state index >= 15 is 0 Å². The van der Waals surface area contributed by atoms with E-state index in [1.54, 1.807) is 0 Å². The molecule has 0 aromatic heterocycles. The summed E-state index contributed by atoms with van der Waals surface area (Å²) in [7, 11) is 3.95. The lowest BCUT2D eigenvalue weighted by Crippen LogP contribution is -2.50. The van der Waals surface area contributed by atoms with Crippen molar-refractivity contribution >= 4 is 11.8 Å². The van der Waals surface area contributed by atoms with E-state index in [-0.39, 0.29) is 11.8 Å². The molecule has 26 heavy (non-hydrogen) atoms. The molecule has 0 atom stereocenters. The summed E-state index contributed by atoms with van der Waals surface area (Å²) < 4.78 is 0. The van der Waals surface area contributed by atoms with Gasteiger partial charge in [-0.05, 0) is 57.5 Å². The Labute approximate surface area is 158 Å². The number of rotatable bonds is 7. The van der Waals surface area contributed by atoms with Gasteiger partial charge in [0.2, 0.25) is 11.8 Å². The fourth-order valence-electron chi connectivity index (χ4n) is 3.24. The third-order valence-corrected chi connectivity index (χ3v) is 5.19. The van der Waals surface area contributed by atoms with E-state index in [1.165, 1.54) is 16.7 Å². The van der Waals surface area contributed by atoms with Gasteiger partial charge in [-0.25, -0.2) is 0 Å². The first kappa shape index (κ1) is 20.4. The predicted molar refractivity (Wildman–Crippen MR) is 105 cm³/mol. The summed E-state index contributed by atoms with van der Waals surface area (Å²) in [6, 6.07) is 6.53. The van der Waals surface area contributed by atoms with Crippen molar-refractivity contribution in [2.75, 3.05) is 46.8 Å². The van der Waals surface area contributed by atoms with Crippen molar-refractivity contribution in [3.8, 4) is 0 Å². The zero-order chi connectivity index (χ0) is 19.1. The van der Waals surface area contributed by atoms with Gasteiger partial charge in [0.25, 0.3) is 0 Å². The molecule has 144 valence electrons. The minimum atomic E-state index is 0.195. The average molecular weight is 360 g/mol. The van der Waals surface area contributed by atoms with E-state index in [0.29, 0.717) is 39.0 Å². The molecular formula is C21H33N3O2. The first-order valence-corrected chi connectivity index (χ1v) is 9.63. The molecule has 1 aromatic carbocycles. The van der Waals surface area contributed by atoms with E-state index < -0.39 is 0 Å². The minimum Gasteiger partial charge on any atom is -0.339 e. The fraction of sp³-hybridized carbons (Fsp3) is 0.619. The molecule has 0 spiro atoms. The lowest BCUT2D eigenvalue weighted by Gasteiger charge is -2.35. The zero-order valence-electron chi connectivity index (χ0n) is 16.8. The SMILES string of the molecule is Cc1ccc(CCCC(=O)N2CCN(C(=O)CCN(C)C)CC2)cc1C. The highest BCUT2D eigenvalue weighted by Crippen LogP contribution is 2.13. The second-order valence-electron chi connectivity index (χ2n) is 7.59. The molecule has 1 saturated heterocycles. The first-order chi connectivity index (χ1) is 12.4. The summed E-state index contributed by atoms with van der Waals surface area (Å²) >= 11 is 0. The Hall–Kier alpha value is -1.88. The van der Waals surface area contributed by atoms with Gasteiger partial charge in [0, 0.05) is 45.6 Å². The smallest absolute Gasteiger partial charge is 0.223 e. The first-order valence-electron chi connectivity index (χ1n) is 9.63. The van der Waals surface area contributed by atoms with Crippen LogP contribution < -0.4 is 0 Å². The summed E-state index contributed by atoms with van der Waals surface area (Å²) in [6.07, 6.45) is 2.96. The molecule has 0 unspecified atom stereocenters. The number of nitrogens with zero attached hydrogens (tertiary/aromatic N) is 3. The van der Waals surface area contributed by atoms with Crippen LogP contribution in [-0.4, -0.2) is 73.3 Å². The van der Waals surface area contributed by atoms with Crippen molar-refractivity contribution in [1.29, 1.82) is 0 Å². The topological polar surface area (TPSA) is 43.9 Å². The van der Waals surface area contributed by atoms with E-state index in [4.69, 9.17) is 0 Å². The van der Waals surface area contributed by atoms with E-state index in [9.17, 15) is 9.59 Å². The third-order valence-electron chi connectivity index (χ3n) is 5.19. The molecule has 1 aliphatic rings. The van der Waals surface area contributed by atoms with Gasteiger partial charge in [0.1, 0.15) is 0 Å². The van der Waals surface area contributed by atoms with Gasteiger partial charge in [0.05, 0.1) is 0 Å². The summed E-state index contributed by atoms with van der Waals surface area (Å²) in [5, 5.41) is 0. The van der Waals surface area contributed by atoms with Gasteiger partial charge in [-0.2, -0.15) is 0 Å². The molecular weight excluding hydrogens is 326 g/mol. The number of carbonyl (C=O) groups is 2. The van der Waals surface area contributed by atoms with Crippen LogP contribution >= 0.6 is 0 Å². The number of hydrogen-bond acceptors (Lipinski definition) is 3. The van der Waals surface area contributed by atoms with Gasteiger partial charge in [0.15, 0.2) is 0 Å². The summed E-state index contributed by atoms with van der Waals surface area (Å²) in [5.41, 5.74) is 3.92. The maximum atomic E-state index is 12.4. The molecule has 1 fully saturated rings. The Bertz CT molecular complexity index is 620. The van der Waals surface area contributed by atoms with Crippen LogP contribution in [0.15, 0.2) is 18.2 Å². The molecule has 0 radical (unpaired) electrons. The Kier molecular flexibility index (Phi) is 7.64. The van der Waals surface area contributed by atoms with Crippen LogP contribution in [0.3, 0.4) is 0 Å². The lowest BCUT2D eigenvalue weighted by molar-refractivity contribution is -0.139. The third kappa shape index (κ3) is 6.13. The second kappa shape index (κ2) is 9.72. The van der Waals surface area contributed by atoms with E-state index in [0.717, 1.165) is 19.4 Å². The number of piperazine rings is 1. The van der Waals surface area contributed by atoms with Crippen molar-refractivity contribution in [3.05, 3.63) is 34.9 Å². The van der Waals surface area contributed by atoms with Crippen molar-refractivity contribution in [2.45, 2.75) is 39.5 Å². The fourth-order valence-corrected chi connectivity index (χ4v) is 3.24. The zero-order valence-corrected chi connectivity index (χ0v) is 16.8. The van der Waals surface area contributed by atoms with Gasteiger partial charge >= 0.3 is 0 Å². The van der Waals surface area contributed by atoms with Crippen LogP contribution in [0.1, 0.15) is 36.0 Å². The number of amides is 2. The van der Waals surface area contributed by atoms with Crippen molar-refractivity contribution in [3.63, 3.8) is 0 Å². The Morgan fingerprint density at radius 1 is 0.923 bits per heavy atom. The Morgan fingerprint density at radius 3 is 2.04 bits per heavy atom. The predicted octanol–water partition coefficient (Wildman–Crippen LogP) is 2.25. The normalized spacial score (nSPS) is 14.8. The van der Waals surface area contributed by atoms with Crippen LogP contribution in [0.25, 0.3) is 0 Å². The molecule has 0 saturated carbocycles. The standard InChI is InChI=1S/C21H33N3O2/c1-17-8-9-19(16-18(17)2)6-5-7-20(25)23-12-14-24(15-13-23)21(26)10-11-22(3)4/h8-9,16H,5-7,10-15H2,1-4H3. The highest BCUT2D eigenvalue weighted by molar-refractivity contribution is 5.78. The van der Waals surface area contributed by atoms with Crippen LogP contribution in [0.4, 0.5) is 0 Å². The van der Waals surface area contributed by atoms with Crippen molar-refractivity contribution in [1.82, 2.24) is 14.7 Å². The molecule has 5 nitrogen and oxygen atoms in total. The Morgan fingerprint density at radius 2 is 1.50 bits per heavy atom. The van der Waals surface area contributed by atoms with Gasteiger partial charge < -0.3 is 14.7 Å². The van der Waals surface area contributed by atoms with E-state index in [1.807, 2.05) is 28.8 Å². The van der Waals surface area contributed by atoms with E-state index in [2.05, 4.69) is 32.0 Å². The molecule has 0 N–H and O–H groups in total. The van der Waals surface area contributed by atoms with Crippen LogP contribution in [0.5, 0.6) is 0 Å². The Balaban J connectivity index is 1.69. The number of carbonyl (C=O) groups excluding carboxylic acids is 2. The second-order valence-corrected chi connectivity index (χ2v) is 7.59. The number of hydrogen-bond donors (Lipinski definition) is 0. The molecule has 5 heteroatoms. The summed E-state index contributed by atoms with van der Waals surface area (Å²) in [6.45, 7) is 7.67. The van der Waals surface area contributed by atoms with Gasteiger partial charge in [-0.15, -0.1) is 0 Å². The molecule has 1 aliphatic heterocycles. The minimum absolute atomic E-state index is 0.195. The highest BCUT2D eigenvalue weighted by atomic mass is 16.2. The maximum absolute atomic E-state index is 12.4. The lowest BCUT2D eigenvalue weighted by atomic mass is 10.0. The van der Waals surface area contributed by atoms with Crippen LogP contribution in [0, 0.1) is 13.8 Å². The number of benzene rings is 1. The molecule has 2 amide bonds. The largest absolute Gasteiger partial charge is 0.339 e. The van der Waals surface area contributed by atoms with Crippen molar-refractivity contribution < 1.29 is 9.59 Å². The highest BCUT2D eigenvalue weighted by Gasteiger charge is 2.23. The average Bonchev–Trinajstić information content (AvgIpc) is 2.62. The maximum Gasteiger partial charge on any atom is 0.223 e. The number of aryl methyl sites for hydroxylation is 3. The molecule has 1 aromatic rings. The molecule has 0 aliphatic carbocycles. The molecule has 1 heterocycles. The van der Waals surface area contributed by atoms with Gasteiger partial charge in [-0.3, -0.25) is 9.59 Å². The molecule has 0 bridgehead atoms. The van der Waals surface area contributed by atoms with Crippen LogP contribution in [-0.2, 0) is 16.0 Å². The van der Waals surface area contributed by atoms with Crippen molar-refractivity contribution in [2.24, 2.45) is 0 Å². The van der Waals surface area contributed by atoms with Crippen LogP contribution in [0.2, 0.25) is 0 Å². The summed E-state index contributed by atoms with van der Waals surface area (Å²) in [4.78, 5) is 30.4. The monoisotopic (exact) mass is 359 g/mol. The molecule has 2 rings (SSSR count). The van der Waals surface area contributed by atoms with Gasteiger partial charge in [-0.1, -0.05) is 18.2 Å². The quantitative estimate of drug-likeness (QED) is 0.750.